The van der Waals surface area contributed by atoms with E-state index in [1.54, 1.807) is 30.3 Å². The predicted molar refractivity (Wildman–Crippen MR) is 101 cm³/mol. The molecule has 2 aromatic carbocycles. The molecule has 27 heavy (non-hydrogen) atoms. The average Bonchev–Trinajstić information content (AvgIpc) is 3.07. The number of carboxylic acids is 1. The molecule has 3 N–H and O–H groups in total. The van der Waals surface area contributed by atoms with E-state index in [2.05, 4.69) is 15.5 Å². The largest absolute Gasteiger partial charge is 0.478 e. The van der Waals surface area contributed by atoms with Gasteiger partial charge in [0.2, 0.25) is 5.60 Å². The van der Waals surface area contributed by atoms with Gasteiger partial charge in [-0.25, -0.2) is 4.79 Å². The molecule has 0 radical (unpaired) electrons. The smallest absolute Gasteiger partial charge is 0.353 e. The van der Waals surface area contributed by atoms with Crippen molar-refractivity contribution in [3.63, 3.8) is 0 Å². The molecule has 136 valence electrons. The van der Waals surface area contributed by atoms with Gasteiger partial charge in [0.05, 0.1) is 17.3 Å². The lowest BCUT2D eigenvalue weighted by atomic mass is 9.78. The van der Waals surface area contributed by atoms with E-state index in [9.17, 15) is 9.90 Å². The number of carboxylic acid groups (broad SMARTS) is 1. The minimum atomic E-state index is -1.55. The molecule has 8 heteroatoms. The van der Waals surface area contributed by atoms with Crippen molar-refractivity contribution in [1.29, 1.82) is 0 Å². The van der Waals surface area contributed by atoms with Crippen LogP contribution < -0.4 is 10.1 Å². The normalized spacial score (nSPS) is 22.2. The zero-order chi connectivity index (χ0) is 18.8. The first-order valence-corrected chi connectivity index (χ1v) is 9.07. The van der Waals surface area contributed by atoms with Crippen LogP contribution in [0.15, 0.2) is 42.5 Å². The predicted octanol–water partition coefficient (Wildman–Crippen LogP) is 4.61. The van der Waals surface area contributed by atoms with Crippen molar-refractivity contribution in [2.45, 2.75) is 18.1 Å². The second kappa shape index (κ2) is 5.65. The van der Waals surface area contributed by atoms with Crippen LogP contribution in [0.2, 0.25) is 10.0 Å². The summed E-state index contributed by atoms with van der Waals surface area (Å²) >= 11 is 12.1. The topological polar surface area (TPSA) is 87.2 Å². The number of benzene rings is 2. The SMILES string of the molecule is O=C(O)[C@@]12C[C@@H](Nc3n[nH]c(-c4ccc(Cl)cc4)c31)c1cc(Cl)ccc1O2. The number of aromatic nitrogens is 2. The molecule has 5 rings (SSSR count). The summed E-state index contributed by atoms with van der Waals surface area (Å²) in [5, 5.41) is 21.9. The van der Waals surface area contributed by atoms with E-state index >= 15 is 0 Å². The van der Waals surface area contributed by atoms with Crippen molar-refractivity contribution >= 4 is 35.0 Å². The molecule has 0 fully saturated rings. The number of fused-ring (bicyclic) bond motifs is 6. The number of carbonyl (C=O) groups is 1. The van der Waals surface area contributed by atoms with Gasteiger partial charge in [-0.3, -0.25) is 5.10 Å². The molecule has 0 amide bonds. The van der Waals surface area contributed by atoms with Gasteiger partial charge in [0.15, 0.2) is 5.82 Å². The number of ether oxygens (including phenoxy) is 1. The van der Waals surface area contributed by atoms with Gasteiger partial charge in [0.25, 0.3) is 0 Å². The van der Waals surface area contributed by atoms with E-state index < -0.39 is 11.6 Å². The molecule has 2 bridgehead atoms. The van der Waals surface area contributed by atoms with Gasteiger partial charge in [-0.05, 0) is 30.3 Å². The monoisotopic (exact) mass is 401 g/mol. The summed E-state index contributed by atoms with van der Waals surface area (Å²) in [6.07, 6.45) is 0.225. The van der Waals surface area contributed by atoms with Gasteiger partial charge in [0, 0.05) is 27.6 Å². The Morgan fingerprint density at radius 3 is 2.67 bits per heavy atom. The first-order valence-electron chi connectivity index (χ1n) is 8.31. The van der Waals surface area contributed by atoms with Crippen molar-refractivity contribution in [3.05, 3.63) is 63.6 Å². The Kier molecular flexibility index (Phi) is 3.44. The van der Waals surface area contributed by atoms with Crippen LogP contribution in [0.3, 0.4) is 0 Å². The number of rotatable bonds is 2. The zero-order valence-electron chi connectivity index (χ0n) is 13.8. The highest BCUT2D eigenvalue weighted by Gasteiger charge is 2.55. The quantitative estimate of drug-likeness (QED) is 0.583. The van der Waals surface area contributed by atoms with E-state index in [-0.39, 0.29) is 12.5 Å². The van der Waals surface area contributed by atoms with Crippen LogP contribution in [-0.2, 0) is 10.4 Å². The molecule has 6 nitrogen and oxygen atoms in total. The molecule has 2 aliphatic heterocycles. The maximum Gasteiger partial charge on any atom is 0.353 e. The average molecular weight is 402 g/mol. The Labute approximate surface area is 164 Å². The lowest BCUT2D eigenvalue weighted by Crippen LogP contribution is -2.49. The highest BCUT2D eigenvalue weighted by atomic mass is 35.5. The van der Waals surface area contributed by atoms with E-state index in [4.69, 9.17) is 27.9 Å². The maximum absolute atomic E-state index is 12.4. The van der Waals surface area contributed by atoms with E-state index in [0.717, 1.165) is 11.1 Å². The summed E-state index contributed by atoms with van der Waals surface area (Å²) in [6, 6.07) is 12.0. The number of aromatic amines is 1. The minimum absolute atomic E-state index is 0.225. The van der Waals surface area contributed by atoms with Gasteiger partial charge >= 0.3 is 5.97 Å². The van der Waals surface area contributed by atoms with Crippen LogP contribution in [0.25, 0.3) is 11.3 Å². The van der Waals surface area contributed by atoms with Crippen LogP contribution in [-0.4, -0.2) is 21.3 Å². The molecule has 0 saturated heterocycles. The number of H-pyrrole nitrogens is 1. The van der Waals surface area contributed by atoms with Crippen LogP contribution in [0, 0.1) is 0 Å². The molecule has 0 spiro atoms. The summed E-state index contributed by atoms with van der Waals surface area (Å²) in [4.78, 5) is 12.4. The van der Waals surface area contributed by atoms with Gasteiger partial charge in [0.1, 0.15) is 5.75 Å². The summed E-state index contributed by atoms with van der Waals surface area (Å²) in [5.41, 5.74) is 1.12. The number of aliphatic carboxylic acids is 1. The van der Waals surface area contributed by atoms with Crippen LogP contribution in [0.4, 0.5) is 5.82 Å². The lowest BCUT2D eigenvalue weighted by molar-refractivity contribution is -0.159. The van der Waals surface area contributed by atoms with Crippen molar-refractivity contribution in [1.82, 2.24) is 10.2 Å². The zero-order valence-corrected chi connectivity index (χ0v) is 15.3. The molecule has 1 aromatic heterocycles. The highest BCUT2D eigenvalue weighted by Crippen LogP contribution is 2.53. The van der Waals surface area contributed by atoms with Crippen molar-refractivity contribution in [2.24, 2.45) is 0 Å². The first-order chi connectivity index (χ1) is 13.0. The molecule has 2 aliphatic rings. The Morgan fingerprint density at radius 2 is 1.93 bits per heavy atom. The summed E-state index contributed by atoms with van der Waals surface area (Å²) in [5.74, 6) is -0.101. The first kappa shape index (κ1) is 16.5. The minimum Gasteiger partial charge on any atom is -0.478 e. The molecule has 0 saturated carbocycles. The lowest BCUT2D eigenvalue weighted by Gasteiger charge is -2.43. The second-order valence-electron chi connectivity index (χ2n) is 6.65. The van der Waals surface area contributed by atoms with Crippen LogP contribution in [0.5, 0.6) is 5.75 Å². The number of anilines is 1. The van der Waals surface area contributed by atoms with Gasteiger partial charge in [-0.2, -0.15) is 5.10 Å². The summed E-state index contributed by atoms with van der Waals surface area (Å²) in [6.45, 7) is 0. The molecule has 3 heterocycles. The third-order valence-corrected chi connectivity index (χ3v) is 5.57. The van der Waals surface area contributed by atoms with Gasteiger partial charge in [-0.15, -0.1) is 0 Å². The fourth-order valence-corrected chi connectivity index (χ4v) is 4.17. The molecule has 0 aliphatic carbocycles. The second-order valence-corrected chi connectivity index (χ2v) is 7.52. The van der Waals surface area contributed by atoms with Crippen molar-refractivity contribution < 1.29 is 14.6 Å². The Hall–Kier alpha value is -2.70. The fourth-order valence-electron chi connectivity index (χ4n) is 3.86. The third kappa shape index (κ3) is 2.33. The van der Waals surface area contributed by atoms with Crippen molar-refractivity contribution in [3.8, 4) is 17.0 Å². The maximum atomic E-state index is 12.4. The Bertz CT molecular complexity index is 1080. The van der Waals surface area contributed by atoms with E-state index in [1.807, 2.05) is 12.1 Å². The molecular formula is C19H13Cl2N3O3. The van der Waals surface area contributed by atoms with Crippen LogP contribution in [0.1, 0.15) is 23.6 Å². The molecular weight excluding hydrogens is 389 g/mol. The van der Waals surface area contributed by atoms with E-state index in [1.165, 1.54) is 0 Å². The molecule has 3 aromatic rings. The summed E-state index contributed by atoms with van der Waals surface area (Å²) in [7, 11) is 0. The highest BCUT2D eigenvalue weighted by molar-refractivity contribution is 6.31. The van der Waals surface area contributed by atoms with Crippen LogP contribution >= 0.6 is 23.2 Å². The van der Waals surface area contributed by atoms with Gasteiger partial charge in [-0.1, -0.05) is 35.3 Å². The van der Waals surface area contributed by atoms with Gasteiger partial charge < -0.3 is 15.2 Å². The third-order valence-electron chi connectivity index (χ3n) is 5.08. The summed E-state index contributed by atoms with van der Waals surface area (Å²) < 4.78 is 6.09. The number of nitrogens with one attached hydrogen (secondary N) is 2. The van der Waals surface area contributed by atoms with Crippen molar-refractivity contribution in [2.75, 3.05) is 5.32 Å². The molecule has 0 unspecified atom stereocenters. The standard InChI is InChI=1S/C19H13Cl2N3O3/c20-10-3-1-9(2-4-10)16-15-17(24-23-16)22-13-8-19(15,18(25)26)27-14-6-5-11(21)7-12(13)14/h1-7,13H,8H2,(H,25,26)(H2,22,23,24)/t13-,19-/m1/s1. The molecule has 2 atom stereocenters. The van der Waals surface area contributed by atoms with E-state index in [0.29, 0.717) is 32.9 Å². The number of halogens is 2. The fraction of sp³-hybridized carbons (Fsp3) is 0.158. The number of hydrogen-bond donors (Lipinski definition) is 3. The Balaban J connectivity index is 1.72. The number of nitrogens with zero attached hydrogens (tertiary/aromatic N) is 1. The Morgan fingerprint density at radius 1 is 1.19 bits per heavy atom. The number of hydrogen-bond acceptors (Lipinski definition) is 4.